The van der Waals surface area contributed by atoms with E-state index in [0.717, 1.165) is 36.4 Å². The second-order valence-electron chi connectivity index (χ2n) is 5.79. The summed E-state index contributed by atoms with van der Waals surface area (Å²) in [5.41, 5.74) is 2.33. The number of imidazole rings is 1. The number of rotatable bonds is 6. The number of benzene rings is 1. The number of hydrogen-bond donors (Lipinski definition) is 0. The zero-order valence-corrected chi connectivity index (χ0v) is 15.0. The van der Waals surface area contributed by atoms with E-state index in [1.54, 1.807) is 7.11 Å². The molecule has 5 heteroatoms. The Kier molecular flexibility index (Phi) is 5.31. The molecule has 0 aliphatic carbocycles. The van der Waals surface area contributed by atoms with Crippen LogP contribution < -0.4 is 0 Å². The van der Waals surface area contributed by atoms with Crippen LogP contribution in [0.25, 0.3) is 11.0 Å². The summed E-state index contributed by atoms with van der Waals surface area (Å²) in [5, 5.41) is 0. The summed E-state index contributed by atoms with van der Waals surface area (Å²) in [7, 11) is 1.74. The van der Waals surface area contributed by atoms with Crippen LogP contribution in [0.15, 0.2) is 18.2 Å². The number of methoxy groups -OCH3 is 1. The first-order valence-corrected chi connectivity index (χ1v) is 8.28. The van der Waals surface area contributed by atoms with Gasteiger partial charge in [-0.1, -0.05) is 13.8 Å². The van der Waals surface area contributed by atoms with E-state index in [4.69, 9.17) is 16.3 Å². The maximum absolute atomic E-state index is 6.07. The van der Waals surface area contributed by atoms with Crippen LogP contribution in [0, 0.1) is 8.99 Å². The highest BCUT2D eigenvalue weighted by Gasteiger charge is 2.21. The molecule has 0 saturated carbocycles. The summed E-state index contributed by atoms with van der Waals surface area (Å²) < 4.78 is 8.64. The third-order valence-electron chi connectivity index (χ3n) is 3.48. The first kappa shape index (κ1) is 16.0. The minimum atomic E-state index is 0.146. The summed E-state index contributed by atoms with van der Waals surface area (Å²) in [6.45, 7) is 6.17. The van der Waals surface area contributed by atoms with Gasteiger partial charge in [0, 0.05) is 23.8 Å². The molecule has 0 bridgehead atoms. The van der Waals surface area contributed by atoms with Crippen molar-refractivity contribution in [2.75, 3.05) is 13.7 Å². The summed E-state index contributed by atoms with van der Waals surface area (Å²) in [4.78, 5) is 4.65. The average Bonchev–Trinajstić information content (AvgIpc) is 2.73. The van der Waals surface area contributed by atoms with Crippen molar-refractivity contribution in [3.63, 3.8) is 0 Å². The number of alkyl halides is 1. The second kappa shape index (κ2) is 6.62. The third kappa shape index (κ3) is 3.65. The highest BCUT2D eigenvalue weighted by Crippen LogP contribution is 2.28. The van der Waals surface area contributed by atoms with Gasteiger partial charge in [-0.2, -0.15) is 0 Å². The molecule has 0 unspecified atom stereocenters. The summed E-state index contributed by atoms with van der Waals surface area (Å²) >= 11 is 8.38. The van der Waals surface area contributed by atoms with Crippen LogP contribution in [-0.2, 0) is 17.2 Å². The molecule has 1 aromatic carbocycles. The number of fused-ring (bicyclic) bond motifs is 1. The lowest BCUT2D eigenvalue weighted by Gasteiger charge is -2.26. The van der Waals surface area contributed by atoms with E-state index in [9.17, 15) is 0 Å². The minimum Gasteiger partial charge on any atom is -0.385 e. The van der Waals surface area contributed by atoms with Crippen molar-refractivity contribution in [3.05, 3.63) is 27.6 Å². The van der Waals surface area contributed by atoms with Gasteiger partial charge >= 0.3 is 0 Å². The number of nitrogens with zero attached hydrogens (tertiary/aromatic N) is 2. The van der Waals surface area contributed by atoms with Crippen LogP contribution in [0.5, 0.6) is 0 Å². The number of halogens is 2. The zero-order chi connectivity index (χ0) is 14.8. The van der Waals surface area contributed by atoms with Crippen molar-refractivity contribution in [1.82, 2.24) is 9.55 Å². The van der Waals surface area contributed by atoms with Crippen LogP contribution in [0.3, 0.4) is 0 Å². The first-order chi connectivity index (χ1) is 9.46. The van der Waals surface area contributed by atoms with E-state index in [0.29, 0.717) is 5.88 Å². The van der Waals surface area contributed by atoms with Gasteiger partial charge in [-0.25, -0.2) is 4.98 Å². The fourth-order valence-corrected chi connectivity index (χ4v) is 3.00. The Bertz CT molecular complexity index is 595. The Balaban J connectivity index is 2.37. The Morgan fingerprint density at radius 3 is 2.80 bits per heavy atom. The van der Waals surface area contributed by atoms with Gasteiger partial charge < -0.3 is 9.30 Å². The van der Waals surface area contributed by atoms with E-state index in [2.05, 4.69) is 64.2 Å². The summed E-state index contributed by atoms with van der Waals surface area (Å²) in [6, 6.07) is 6.35. The number of aromatic nitrogens is 2. The van der Waals surface area contributed by atoms with Crippen molar-refractivity contribution in [3.8, 4) is 0 Å². The van der Waals surface area contributed by atoms with Gasteiger partial charge in [-0.15, -0.1) is 11.6 Å². The van der Waals surface area contributed by atoms with Crippen molar-refractivity contribution < 1.29 is 4.74 Å². The quantitative estimate of drug-likeness (QED) is 0.524. The van der Waals surface area contributed by atoms with Crippen molar-refractivity contribution in [1.29, 1.82) is 0 Å². The largest absolute Gasteiger partial charge is 0.385 e. The Hall–Kier alpha value is -0.330. The Labute approximate surface area is 138 Å². The van der Waals surface area contributed by atoms with Gasteiger partial charge in [0.2, 0.25) is 0 Å². The monoisotopic (exact) mass is 406 g/mol. The molecule has 110 valence electrons. The second-order valence-corrected chi connectivity index (χ2v) is 7.30. The standard InChI is InChI=1S/C15H20ClIN2O/c1-15(2,6-7-20-3)10-19-13-5-4-11(17)8-12(13)18-14(19)9-16/h4-5,8H,6-7,9-10H2,1-3H3. The maximum Gasteiger partial charge on any atom is 0.124 e. The predicted octanol–water partition coefficient (Wildman–Crippen LogP) is 4.44. The first-order valence-electron chi connectivity index (χ1n) is 6.66. The molecule has 0 N–H and O–H groups in total. The Morgan fingerprint density at radius 1 is 1.40 bits per heavy atom. The fourth-order valence-electron chi connectivity index (χ4n) is 2.32. The molecule has 0 atom stereocenters. The molecule has 0 fully saturated rings. The summed E-state index contributed by atoms with van der Waals surface area (Å²) in [5.74, 6) is 1.38. The van der Waals surface area contributed by atoms with Gasteiger partial charge in [-0.3, -0.25) is 0 Å². The lowest BCUT2D eigenvalue weighted by atomic mass is 9.89. The highest BCUT2D eigenvalue weighted by atomic mass is 127. The molecule has 0 spiro atoms. The van der Waals surface area contributed by atoms with E-state index in [1.807, 2.05) is 0 Å². The van der Waals surface area contributed by atoms with Crippen molar-refractivity contribution in [2.24, 2.45) is 5.41 Å². The molecular formula is C15H20ClIN2O. The smallest absolute Gasteiger partial charge is 0.124 e. The van der Waals surface area contributed by atoms with Crippen LogP contribution in [0.4, 0.5) is 0 Å². The molecule has 0 saturated heterocycles. The van der Waals surface area contributed by atoms with Crippen LogP contribution >= 0.6 is 34.2 Å². The van der Waals surface area contributed by atoms with Crippen LogP contribution in [0.2, 0.25) is 0 Å². The molecule has 1 heterocycles. The number of hydrogen-bond acceptors (Lipinski definition) is 2. The van der Waals surface area contributed by atoms with Gasteiger partial charge in [0.1, 0.15) is 5.82 Å². The van der Waals surface area contributed by atoms with Crippen molar-refractivity contribution >= 4 is 45.2 Å². The van der Waals surface area contributed by atoms with Gasteiger partial charge in [0.05, 0.1) is 16.9 Å². The lowest BCUT2D eigenvalue weighted by Crippen LogP contribution is -2.22. The van der Waals surface area contributed by atoms with Crippen LogP contribution in [0.1, 0.15) is 26.1 Å². The van der Waals surface area contributed by atoms with E-state index < -0.39 is 0 Å². The van der Waals surface area contributed by atoms with E-state index in [1.165, 1.54) is 3.57 Å². The van der Waals surface area contributed by atoms with Crippen LogP contribution in [-0.4, -0.2) is 23.3 Å². The molecule has 2 aromatic rings. The minimum absolute atomic E-state index is 0.146. The third-order valence-corrected chi connectivity index (χ3v) is 4.39. The summed E-state index contributed by atoms with van der Waals surface area (Å²) in [6.07, 6.45) is 1.01. The highest BCUT2D eigenvalue weighted by molar-refractivity contribution is 14.1. The molecule has 0 amide bonds. The molecule has 1 aromatic heterocycles. The molecule has 0 aliphatic rings. The van der Waals surface area contributed by atoms with E-state index >= 15 is 0 Å². The topological polar surface area (TPSA) is 27.1 Å². The molecule has 0 aliphatic heterocycles. The van der Waals surface area contributed by atoms with Gasteiger partial charge in [-0.05, 0) is 52.6 Å². The van der Waals surface area contributed by atoms with Crippen molar-refractivity contribution in [2.45, 2.75) is 32.7 Å². The van der Waals surface area contributed by atoms with Gasteiger partial charge in [0.15, 0.2) is 0 Å². The molecular weight excluding hydrogens is 387 g/mol. The zero-order valence-electron chi connectivity index (χ0n) is 12.1. The normalized spacial score (nSPS) is 12.2. The molecule has 2 rings (SSSR count). The fraction of sp³-hybridized carbons (Fsp3) is 0.533. The maximum atomic E-state index is 6.07. The number of ether oxygens (including phenoxy) is 1. The van der Waals surface area contributed by atoms with Gasteiger partial charge in [0.25, 0.3) is 0 Å². The van der Waals surface area contributed by atoms with E-state index in [-0.39, 0.29) is 5.41 Å². The molecule has 20 heavy (non-hydrogen) atoms. The molecule has 0 radical (unpaired) electrons. The lowest BCUT2D eigenvalue weighted by molar-refractivity contribution is 0.143. The Morgan fingerprint density at radius 2 is 2.15 bits per heavy atom. The predicted molar refractivity (Wildman–Crippen MR) is 92.3 cm³/mol. The average molecular weight is 407 g/mol. The SMILES string of the molecule is COCCC(C)(C)Cn1c(CCl)nc2cc(I)ccc21. The molecule has 3 nitrogen and oxygen atoms in total.